The molecule has 1 aromatic heterocycles. The molecule has 130 valence electrons. The van der Waals surface area contributed by atoms with Gasteiger partial charge in [-0.2, -0.15) is 0 Å². The Morgan fingerprint density at radius 3 is 2.68 bits per heavy atom. The number of benzene rings is 2. The summed E-state index contributed by atoms with van der Waals surface area (Å²) < 4.78 is 26.4. The fourth-order valence-electron chi connectivity index (χ4n) is 2.50. The lowest BCUT2D eigenvalue weighted by molar-refractivity contribution is -0.121. The summed E-state index contributed by atoms with van der Waals surface area (Å²) in [5, 5.41) is 12.6. The summed E-state index contributed by atoms with van der Waals surface area (Å²) >= 11 is 0. The smallest absolute Gasteiger partial charge is 0.220 e. The van der Waals surface area contributed by atoms with E-state index in [1.165, 1.54) is 30.3 Å². The number of carbonyl (C=O) groups is 1. The van der Waals surface area contributed by atoms with E-state index in [9.17, 15) is 18.7 Å². The highest BCUT2D eigenvalue weighted by Gasteiger charge is 2.11. The summed E-state index contributed by atoms with van der Waals surface area (Å²) in [4.78, 5) is 19.0. The van der Waals surface area contributed by atoms with Gasteiger partial charge in [0, 0.05) is 19.4 Å². The fourth-order valence-corrected chi connectivity index (χ4v) is 2.50. The Hall–Kier alpha value is -2.80. The van der Waals surface area contributed by atoms with E-state index < -0.39 is 11.9 Å². The Morgan fingerprint density at radius 2 is 1.96 bits per heavy atom. The van der Waals surface area contributed by atoms with Crippen molar-refractivity contribution in [3.63, 3.8) is 0 Å². The molecule has 3 aromatic rings. The van der Waals surface area contributed by atoms with Crippen molar-refractivity contribution in [1.82, 2.24) is 15.3 Å². The van der Waals surface area contributed by atoms with Crippen LogP contribution in [0.3, 0.4) is 0 Å². The van der Waals surface area contributed by atoms with Gasteiger partial charge in [0.05, 0.1) is 11.6 Å². The van der Waals surface area contributed by atoms with E-state index in [0.717, 1.165) is 0 Å². The van der Waals surface area contributed by atoms with Crippen molar-refractivity contribution in [3.05, 3.63) is 65.5 Å². The number of hydrogen-bond donors (Lipinski definition) is 3. The number of imidazole rings is 1. The van der Waals surface area contributed by atoms with Gasteiger partial charge in [-0.25, -0.2) is 13.8 Å². The molecule has 0 radical (unpaired) electrons. The number of carbonyl (C=O) groups excluding carboxylic acids is 1. The summed E-state index contributed by atoms with van der Waals surface area (Å²) in [7, 11) is 0. The van der Waals surface area contributed by atoms with Gasteiger partial charge in [0.25, 0.3) is 0 Å². The Labute approximate surface area is 142 Å². The number of nitrogens with zero attached hydrogens (tertiary/aromatic N) is 1. The van der Waals surface area contributed by atoms with E-state index in [-0.39, 0.29) is 30.2 Å². The molecule has 0 saturated heterocycles. The summed E-state index contributed by atoms with van der Waals surface area (Å²) in [6.45, 7) is 0.0270. The molecule has 0 saturated carbocycles. The molecule has 1 atom stereocenters. The maximum atomic E-state index is 13.6. The third-order valence-electron chi connectivity index (χ3n) is 3.85. The standard InChI is InChI=1S/C18H17F2N3O2/c19-12-6-4-11(5-7-12)15(24)10-21-17(25)9-8-16-22-14-3-1-2-13(20)18(14)23-16/h1-7,15,24H,8-10H2,(H,21,25)(H,22,23). The molecule has 7 heteroatoms. The van der Waals surface area contributed by atoms with Crippen molar-refractivity contribution in [2.75, 3.05) is 6.54 Å². The molecule has 25 heavy (non-hydrogen) atoms. The molecule has 3 N–H and O–H groups in total. The van der Waals surface area contributed by atoms with Crippen molar-refractivity contribution in [2.24, 2.45) is 0 Å². The lowest BCUT2D eigenvalue weighted by Crippen LogP contribution is -2.28. The van der Waals surface area contributed by atoms with Crippen molar-refractivity contribution < 1.29 is 18.7 Å². The number of aliphatic hydroxyl groups excluding tert-OH is 1. The Balaban J connectivity index is 1.50. The molecule has 0 aliphatic carbocycles. The van der Waals surface area contributed by atoms with Crippen LogP contribution >= 0.6 is 0 Å². The van der Waals surface area contributed by atoms with E-state index in [4.69, 9.17) is 0 Å². The number of rotatable bonds is 6. The second-order valence-corrected chi connectivity index (χ2v) is 5.69. The minimum absolute atomic E-state index is 0.0270. The number of nitrogens with one attached hydrogen (secondary N) is 2. The monoisotopic (exact) mass is 345 g/mol. The predicted octanol–water partition coefficient (Wildman–Crippen LogP) is 2.62. The summed E-state index contributed by atoms with van der Waals surface area (Å²) in [6.07, 6.45) is -0.436. The largest absolute Gasteiger partial charge is 0.387 e. The van der Waals surface area contributed by atoms with Crippen LogP contribution in [0.5, 0.6) is 0 Å². The maximum absolute atomic E-state index is 13.6. The van der Waals surface area contributed by atoms with Crippen LogP contribution in [0.4, 0.5) is 8.78 Å². The average molecular weight is 345 g/mol. The number of hydrogen-bond acceptors (Lipinski definition) is 3. The van der Waals surface area contributed by atoms with E-state index >= 15 is 0 Å². The SMILES string of the molecule is O=C(CCc1nc2c(F)cccc2[nH]1)NCC(O)c1ccc(F)cc1. The zero-order chi connectivity index (χ0) is 17.8. The molecule has 3 rings (SSSR count). The number of para-hydroxylation sites is 1. The number of aromatic nitrogens is 2. The average Bonchev–Trinajstić information content (AvgIpc) is 3.03. The molecule has 2 aromatic carbocycles. The summed E-state index contributed by atoms with van der Waals surface area (Å²) in [6, 6.07) is 10.1. The quantitative estimate of drug-likeness (QED) is 0.643. The van der Waals surface area contributed by atoms with Gasteiger partial charge in [0.1, 0.15) is 17.2 Å². The highest BCUT2D eigenvalue weighted by molar-refractivity contribution is 5.77. The van der Waals surface area contributed by atoms with Crippen LogP contribution in [-0.2, 0) is 11.2 Å². The number of H-pyrrole nitrogens is 1. The van der Waals surface area contributed by atoms with Gasteiger partial charge in [-0.1, -0.05) is 18.2 Å². The maximum Gasteiger partial charge on any atom is 0.220 e. The van der Waals surface area contributed by atoms with Gasteiger partial charge >= 0.3 is 0 Å². The van der Waals surface area contributed by atoms with Crippen LogP contribution < -0.4 is 5.32 Å². The number of aryl methyl sites for hydroxylation is 1. The van der Waals surface area contributed by atoms with Crippen molar-refractivity contribution in [3.8, 4) is 0 Å². The first-order valence-electron chi connectivity index (χ1n) is 7.86. The fraction of sp³-hybridized carbons (Fsp3) is 0.222. The second-order valence-electron chi connectivity index (χ2n) is 5.69. The topological polar surface area (TPSA) is 78.0 Å². The molecule has 5 nitrogen and oxygen atoms in total. The summed E-state index contributed by atoms with van der Waals surface area (Å²) in [5.74, 6) is -0.537. The van der Waals surface area contributed by atoms with E-state index in [2.05, 4.69) is 15.3 Å². The molecule has 0 aliphatic rings. The van der Waals surface area contributed by atoms with Gasteiger partial charge < -0.3 is 15.4 Å². The minimum Gasteiger partial charge on any atom is -0.387 e. The minimum atomic E-state index is -0.912. The van der Waals surface area contributed by atoms with Gasteiger partial charge in [0.15, 0.2) is 5.82 Å². The Kier molecular flexibility index (Phi) is 5.04. The Bertz CT molecular complexity index is 878. The van der Waals surface area contributed by atoms with Crippen LogP contribution in [0, 0.1) is 11.6 Å². The zero-order valence-electron chi connectivity index (χ0n) is 13.3. The second kappa shape index (κ2) is 7.40. The van der Waals surface area contributed by atoms with Crippen molar-refractivity contribution in [2.45, 2.75) is 18.9 Å². The number of amides is 1. The van der Waals surface area contributed by atoms with Crippen LogP contribution in [0.2, 0.25) is 0 Å². The van der Waals surface area contributed by atoms with Crippen molar-refractivity contribution in [1.29, 1.82) is 0 Å². The van der Waals surface area contributed by atoms with Crippen LogP contribution in [0.1, 0.15) is 23.9 Å². The number of halogens is 2. The number of aliphatic hydroxyl groups is 1. The third kappa shape index (κ3) is 4.19. The van der Waals surface area contributed by atoms with E-state index in [1.54, 1.807) is 12.1 Å². The van der Waals surface area contributed by atoms with E-state index in [1.807, 2.05) is 0 Å². The highest BCUT2D eigenvalue weighted by atomic mass is 19.1. The Morgan fingerprint density at radius 1 is 1.20 bits per heavy atom. The lowest BCUT2D eigenvalue weighted by Gasteiger charge is -2.12. The molecular weight excluding hydrogens is 328 g/mol. The van der Waals surface area contributed by atoms with Crippen molar-refractivity contribution >= 4 is 16.9 Å². The lowest BCUT2D eigenvalue weighted by atomic mass is 10.1. The van der Waals surface area contributed by atoms with Gasteiger partial charge in [-0.15, -0.1) is 0 Å². The van der Waals surface area contributed by atoms with Crippen LogP contribution in [0.15, 0.2) is 42.5 Å². The van der Waals surface area contributed by atoms with Gasteiger partial charge in [0.2, 0.25) is 5.91 Å². The molecule has 1 unspecified atom stereocenters. The highest BCUT2D eigenvalue weighted by Crippen LogP contribution is 2.16. The molecule has 0 spiro atoms. The molecule has 1 amide bonds. The van der Waals surface area contributed by atoms with Gasteiger partial charge in [-0.3, -0.25) is 4.79 Å². The molecule has 0 aliphatic heterocycles. The van der Waals surface area contributed by atoms with E-state index in [0.29, 0.717) is 23.3 Å². The molecule has 0 fully saturated rings. The first-order valence-corrected chi connectivity index (χ1v) is 7.86. The summed E-state index contributed by atoms with van der Waals surface area (Å²) in [5.41, 5.74) is 1.36. The molecular formula is C18H17F2N3O2. The predicted molar refractivity (Wildman–Crippen MR) is 88.7 cm³/mol. The normalized spacial score (nSPS) is 12.3. The number of fused-ring (bicyclic) bond motifs is 1. The zero-order valence-corrected chi connectivity index (χ0v) is 13.3. The molecule has 0 bridgehead atoms. The first-order chi connectivity index (χ1) is 12.0. The first kappa shape index (κ1) is 17.0. The number of aromatic amines is 1. The van der Waals surface area contributed by atoms with Gasteiger partial charge in [-0.05, 0) is 29.8 Å². The van der Waals surface area contributed by atoms with Crippen LogP contribution in [0.25, 0.3) is 11.0 Å². The molecule has 1 heterocycles. The van der Waals surface area contributed by atoms with Crippen LogP contribution in [-0.4, -0.2) is 27.5 Å². The third-order valence-corrected chi connectivity index (χ3v) is 3.85.